The molecule has 0 spiro atoms. The van der Waals surface area contributed by atoms with E-state index in [4.69, 9.17) is 0 Å². The van der Waals surface area contributed by atoms with Gasteiger partial charge in [0.1, 0.15) is 0 Å². The largest absolute Gasteiger partial charge is 0.315 e. The van der Waals surface area contributed by atoms with Crippen LogP contribution in [0, 0.1) is 0 Å². The monoisotopic (exact) mass is 260 g/mol. The van der Waals surface area contributed by atoms with Gasteiger partial charge in [0.25, 0.3) is 0 Å². The summed E-state index contributed by atoms with van der Waals surface area (Å²) >= 11 is 0. The van der Waals surface area contributed by atoms with E-state index in [9.17, 15) is 8.42 Å². The van der Waals surface area contributed by atoms with Gasteiger partial charge in [0.15, 0.2) is 0 Å². The number of nitrogens with zero attached hydrogens (tertiary/aromatic N) is 2. The van der Waals surface area contributed by atoms with Gasteiger partial charge in [-0.2, -0.15) is 5.10 Å². The highest BCUT2D eigenvalue weighted by Gasteiger charge is 2.20. The molecule has 1 aromatic heterocycles. The van der Waals surface area contributed by atoms with Gasteiger partial charge in [0.2, 0.25) is 10.0 Å². The minimum absolute atomic E-state index is 0.448. The van der Waals surface area contributed by atoms with Crippen LogP contribution >= 0.6 is 0 Å². The van der Waals surface area contributed by atoms with Crippen molar-refractivity contribution in [3.63, 3.8) is 0 Å². The molecule has 17 heavy (non-hydrogen) atoms. The van der Waals surface area contributed by atoms with E-state index < -0.39 is 15.3 Å². The quantitative estimate of drug-likeness (QED) is 0.702. The Morgan fingerprint density at radius 1 is 1.53 bits per heavy atom. The van der Waals surface area contributed by atoms with Gasteiger partial charge in [-0.25, -0.2) is 8.42 Å². The molecule has 0 saturated heterocycles. The number of rotatable bonds is 7. The second kappa shape index (κ2) is 6.02. The molecule has 0 fully saturated rings. The molecule has 0 radical (unpaired) electrons. The van der Waals surface area contributed by atoms with Crippen LogP contribution in [-0.4, -0.2) is 36.5 Å². The van der Waals surface area contributed by atoms with Crippen molar-refractivity contribution < 1.29 is 8.42 Å². The van der Waals surface area contributed by atoms with Gasteiger partial charge in [-0.05, 0) is 19.9 Å². The molecule has 1 unspecified atom stereocenters. The molecule has 1 aromatic rings. The van der Waals surface area contributed by atoms with Crippen LogP contribution in [0.3, 0.4) is 0 Å². The minimum Gasteiger partial charge on any atom is -0.315 e. The Bertz CT molecular complexity index is 441. The van der Waals surface area contributed by atoms with Gasteiger partial charge in [-0.1, -0.05) is 6.92 Å². The van der Waals surface area contributed by atoms with Gasteiger partial charge >= 0.3 is 0 Å². The molecule has 7 heteroatoms. The molecule has 0 aliphatic heterocycles. The van der Waals surface area contributed by atoms with Crippen LogP contribution in [0.5, 0.6) is 0 Å². The summed E-state index contributed by atoms with van der Waals surface area (Å²) in [5.41, 5.74) is 0.495. The summed E-state index contributed by atoms with van der Waals surface area (Å²) in [6, 6.07) is 0. The van der Waals surface area contributed by atoms with E-state index in [-0.39, 0.29) is 0 Å². The number of aromatic nitrogens is 2. The molecule has 0 aliphatic rings. The number of sulfonamides is 1. The normalized spacial score (nSPS) is 13.6. The molecular weight excluding hydrogens is 240 g/mol. The highest BCUT2D eigenvalue weighted by molar-refractivity contribution is 7.93. The summed E-state index contributed by atoms with van der Waals surface area (Å²) in [6.45, 7) is 5.00. The third-order valence-electron chi connectivity index (χ3n) is 2.35. The van der Waals surface area contributed by atoms with Gasteiger partial charge in [-0.15, -0.1) is 0 Å². The lowest BCUT2D eigenvalue weighted by atomic mass is 10.4. The minimum atomic E-state index is -3.35. The molecule has 0 bridgehead atoms. The average Bonchev–Trinajstić information content (AvgIpc) is 2.63. The van der Waals surface area contributed by atoms with Crippen LogP contribution in [0.4, 0.5) is 5.69 Å². The fourth-order valence-corrected chi connectivity index (χ4v) is 2.30. The molecule has 98 valence electrons. The summed E-state index contributed by atoms with van der Waals surface area (Å²) in [6.07, 6.45) is 4.11. The number of hydrogen-bond acceptors (Lipinski definition) is 4. The predicted octanol–water partition coefficient (Wildman–Crippen LogP) is 0.550. The first-order chi connectivity index (χ1) is 7.95. The lowest BCUT2D eigenvalue weighted by molar-refractivity contribution is 0.576. The SMILES string of the molecule is CCCNCC(C)S(=O)(=O)Nc1cnn(C)c1. The first-order valence-electron chi connectivity index (χ1n) is 5.66. The molecular formula is C10H20N4O2S. The van der Waals surface area contributed by atoms with Crippen molar-refractivity contribution in [2.45, 2.75) is 25.5 Å². The van der Waals surface area contributed by atoms with Gasteiger partial charge in [-0.3, -0.25) is 9.40 Å². The van der Waals surface area contributed by atoms with Crippen molar-refractivity contribution in [3.8, 4) is 0 Å². The van der Waals surface area contributed by atoms with Crippen LogP contribution in [0.2, 0.25) is 0 Å². The maximum Gasteiger partial charge on any atom is 0.236 e. The first-order valence-corrected chi connectivity index (χ1v) is 7.21. The van der Waals surface area contributed by atoms with Gasteiger partial charge < -0.3 is 5.32 Å². The zero-order chi connectivity index (χ0) is 12.9. The third kappa shape index (κ3) is 4.35. The van der Waals surface area contributed by atoms with E-state index in [2.05, 4.69) is 15.1 Å². The predicted molar refractivity (Wildman–Crippen MR) is 68.4 cm³/mol. The fraction of sp³-hybridized carbons (Fsp3) is 0.700. The van der Waals surface area contributed by atoms with E-state index in [1.807, 2.05) is 6.92 Å². The molecule has 1 atom stereocenters. The van der Waals surface area contributed by atoms with Gasteiger partial charge in [0, 0.05) is 19.8 Å². The van der Waals surface area contributed by atoms with Crippen LogP contribution in [0.25, 0.3) is 0 Å². The van der Waals surface area contributed by atoms with Crippen molar-refractivity contribution in [2.24, 2.45) is 7.05 Å². The Morgan fingerprint density at radius 3 is 2.76 bits per heavy atom. The van der Waals surface area contributed by atoms with E-state index in [0.717, 1.165) is 13.0 Å². The van der Waals surface area contributed by atoms with Crippen molar-refractivity contribution in [2.75, 3.05) is 17.8 Å². The molecule has 0 aromatic carbocycles. The number of nitrogens with one attached hydrogen (secondary N) is 2. The second-order valence-electron chi connectivity index (χ2n) is 4.06. The smallest absolute Gasteiger partial charge is 0.236 e. The summed E-state index contributed by atoms with van der Waals surface area (Å²) in [5, 5.41) is 6.52. The fourth-order valence-electron chi connectivity index (χ4n) is 1.33. The molecule has 0 amide bonds. The number of aryl methyl sites for hydroxylation is 1. The lowest BCUT2D eigenvalue weighted by Crippen LogP contribution is -2.35. The Hall–Kier alpha value is -1.08. The number of hydrogen-bond donors (Lipinski definition) is 2. The first kappa shape index (κ1) is 14.0. The summed E-state index contributed by atoms with van der Waals surface area (Å²) in [4.78, 5) is 0. The van der Waals surface area contributed by atoms with Crippen molar-refractivity contribution >= 4 is 15.7 Å². The molecule has 0 saturated carbocycles. The van der Waals surface area contributed by atoms with E-state index in [1.165, 1.54) is 6.20 Å². The van der Waals surface area contributed by atoms with Crippen LogP contribution < -0.4 is 10.0 Å². The Labute approximate surface area is 102 Å². The Kier molecular flexibility index (Phi) is 4.95. The zero-order valence-corrected chi connectivity index (χ0v) is 11.3. The Balaban J connectivity index is 2.55. The standard InChI is InChI=1S/C10H20N4O2S/c1-4-5-11-6-9(2)17(15,16)13-10-7-12-14(3)8-10/h7-9,11,13H,4-6H2,1-3H3. The van der Waals surface area contributed by atoms with Gasteiger partial charge in [0.05, 0.1) is 17.1 Å². The maximum atomic E-state index is 11.9. The topological polar surface area (TPSA) is 76.0 Å². The van der Waals surface area contributed by atoms with Crippen molar-refractivity contribution in [1.82, 2.24) is 15.1 Å². The summed E-state index contributed by atoms with van der Waals surface area (Å²) in [5.74, 6) is 0. The molecule has 2 N–H and O–H groups in total. The summed E-state index contributed by atoms with van der Waals surface area (Å²) < 4.78 is 27.9. The maximum absolute atomic E-state index is 11.9. The highest BCUT2D eigenvalue weighted by Crippen LogP contribution is 2.09. The van der Waals surface area contributed by atoms with E-state index in [1.54, 1.807) is 24.9 Å². The molecule has 1 rings (SSSR count). The van der Waals surface area contributed by atoms with Crippen LogP contribution in [0.15, 0.2) is 12.4 Å². The lowest BCUT2D eigenvalue weighted by Gasteiger charge is -2.14. The second-order valence-corrected chi connectivity index (χ2v) is 6.16. The van der Waals surface area contributed by atoms with Crippen molar-refractivity contribution in [3.05, 3.63) is 12.4 Å². The van der Waals surface area contributed by atoms with E-state index >= 15 is 0 Å². The van der Waals surface area contributed by atoms with Crippen LogP contribution in [-0.2, 0) is 17.1 Å². The Morgan fingerprint density at radius 2 is 2.24 bits per heavy atom. The van der Waals surface area contributed by atoms with E-state index in [0.29, 0.717) is 12.2 Å². The van der Waals surface area contributed by atoms with Crippen LogP contribution in [0.1, 0.15) is 20.3 Å². The average molecular weight is 260 g/mol. The number of anilines is 1. The third-order valence-corrected chi connectivity index (χ3v) is 4.10. The molecule has 6 nitrogen and oxygen atoms in total. The zero-order valence-electron chi connectivity index (χ0n) is 10.5. The van der Waals surface area contributed by atoms with Crippen molar-refractivity contribution in [1.29, 1.82) is 0 Å². The molecule has 0 aliphatic carbocycles. The highest BCUT2D eigenvalue weighted by atomic mass is 32.2. The molecule has 1 heterocycles. The summed E-state index contributed by atoms with van der Waals surface area (Å²) in [7, 11) is -1.61.